The molecule has 2 heterocycles. The van der Waals surface area contributed by atoms with Crippen LogP contribution in [0.5, 0.6) is 5.88 Å². The van der Waals surface area contributed by atoms with Crippen LogP contribution in [-0.4, -0.2) is 11.1 Å². The summed E-state index contributed by atoms with van der Waals surface area (Å²) in [6.45, 7) is 6.53. The number of fused-ring (bicyclic) bond motifs is 1. The van der Waals surface area contributed by atoms with Crippen LogP contribution in [0.4, 0.5) is 0 Å². The molecular formula is C19H21NO. The summed E-state index contributed by atoms with van der Waals surface area (Å²) in [5.74, 6) is 1.25. The minimum atomic E-state index is 0.118. The van der Waals surface area contributed by atoms with Crippen molar-refractivity contribution in [2.24, 2.45) is 5.92 Å². The fourth-order valence-electron chi connectivity index (χ4n) is 2.94. The zero-order valence-corrected chi connectivity index (χ0v) is 12.8. The molecule has 0 saturated carbocycles. The van der Waals surface area contributed by atoms with Gasteiger partial charge < -0.3 is 4.74 Å². The number of hydrogen-bond donors (Lipinski definition) is 0. The van der Waals surface area contributed by atoms with Gasteiger partial charge in [-0.05, 0) is 36.5 Å². The lowest BCUT2D eigenvalue weighted by Gasteiger charge is -2.18. The summed E-state index contributed by atoms with van der Waals surface area (Å²) in [6.07, 6.45) is 5.23. The zero-order valence-electron chi connectivity index (χ0n) is 12.8. The normalized spacial score (nSPS) is 20.1. The van der Waals surface area contributed by atoms with E-state index in [1.54, 1.807) is 0 Å². The van der Waals surface area contributed by atoms with Crippen molar-refractivity contribution in [2.45, 2.75) is 33.3 Å². The van der Waals surface area contributed by atoms with E-state index in [2.05, 4.69) is 62.2 Å². The van der Waals surface area contributed by atoms with Gasteiger partial charge in [0.2, 0.25) is 5.88 Å². The molecule has 21 heavy (non-hydrogen) atoms. The first kappa shape index (κ1) is 13.9. The SMILES string of the molecule is C/C=C1/c2c(-c3ccccc3)ccnc2OC1[C@H](C)CC. The lowest BCUT2D eigenvalue weighted by atomic mass is 9.89. The molecule has 1 unspecified atom stereocenters. The van der Waals surface area contributed by atoms with Crippen LogP contribution in [0.2, 0.25) is 0 Å². The minimum Gasteiger partial charge on any atom is -0.469 e. The molecule has 0 N–H and O–H groups in total. The third-order valence-electron chi connectivity index (χ3n) is 4.31. The molecule has 0 aliphatic carbocycles. The highest BCUT2D eigenvalue weighted by Crippen LogP contribution is 2.44. The highest BCUT2D eigenvalue weighted by molar-refractivity contribution is 5.87. The molecule has 1 aromatic heterocycles. The molecule has 0 fully saturated rings. The Labute approximate surface area is 126 Å². The van der Waals surface area contributed by atoms with Gasteiger partial charge in [0.25, 0.3) is 0 Å². The monoisotopic (exact) mass is 279 g/mol. The minimum absolute atomic E-state index is 0.118. The predicted molar refractivity (Wildman–Crippen MR) is 87.2 cm³/mol. The lowest BCUT2D eigenvalue weighted by Crippen LogP contribution is -2.21. The average molecular weight is 279 g/mol. The van der Waals surface area contributed by atoms with E-state index in [0.717, 1.165) is 17.9 Å². The molecule has 108 valence electrons. The van der Waals surface area contributed by atoms with E-state index in [0.29, 0.717) is 5.92 Å². The number of pyridine rings is 1. The molecule has 1 aliphatic heterocycles. The van der Waals surface area contributed by atoms with E-state index in [4.69, 9.17) is 4.74 Å². The maximum Gasteiger partial charge on any atom is 0.222 e. The van der Waals surface area contributed by atoms with Gasteiger partial charge in [0.1, 0.15) is 6.10 Å². The van der Waals surface area contributed by atoms with Crippen LogP contribution in [-0.2, 0) is 0 Å². The quantitative estimate of drug-likeness (QED) is 0.792. The van der Waals surface area contributed by atoms with Gasteiger partial charge in [-0.1, -0.05) is 50.3 Å². The van der Waals surface area contributed by atoms with E-state index in [1.165, 1.54) is 16.7 Å². The maximum absolute atomic E-state index is 6.15. The predicted octanol–water partition coefficient (Wildman–Crippen LogP) is 4.96. The van der Waals surface area contributed by atoms with Crippen LogP contribution in [0.15, 0.2) is 48.7 Å². The zero-order chi connectivity index (χ0) is 14.8. The van der Waals surface area contributed by atoms with Gasteiger partial charge in [-0.15, -0.1) is 0 Å². The number of ether oxygens (including phenoxy) is 1. The van der Waals surface area contributed by atoms with E-state index in [-0.39, 0.29) is 6.10 Å². The molecule has 2 aromatic rings. The van der Waals surface area contributed by atoms with Crippen LogP contribution < -0.4 is 4.74 Å². The van der Waals surface area contributed by atoms with Gasteiger partial charge in [0.15, 0.2) is 0 Å². The summed E-state index contributed by atoms with van der Waals surface area (Å²) in [4.78, 5) is 4.45. The molecule has 2 nitrogen and oxygen atoms in total. The first-order valence-corrected chi connectivity index (χ1v) is 7.64. The van der Waals surface area contributed by atoms with Crippen molar-refractivity contribution in [3.63, 3.8) is 0 Å². The van der Waals surface area contributed by atoms with E-state index in [1.807, 2.05) is 12.3 Å². The van der Waals surface area contributed by atoms with Gasteiger partial charge in [-0.25, -0.2) is 4.98 Å². The topological polar surface area (TPSA) is 22.1 Å². The number of nitrogens with zero attached hydrogens (tertiary/aromatic N) is 1. The smallest absolute Gasteiger partial charge is 0.222 e. The van der Waals surface area contributed by atoms with Crippen LogP contribution in [0.25, 0.3) is 16.7 Å². The van der Waals surface area contributed by atoms with Gasteiger partial charge >= 0.3 is 0 Å². The Morgan fingerprint density at radius 3 is 2.67 bits per heavy atom. The molecule has 0 bridgehead atoms. The van der Waals surface area contributed by atoms with Crippen molar-refractivity contribution in [1.82, 2.24) is 4.98 Å². The number of hydrogen-bond acceptors (Lipinski definition) is 2. The summed E-state index contributed by atoms with van der Waals surface area (Å²) in [6, 6.07) is 12.5. The maximum atomic E-state index is 6.15. The van der Waals surface area contributed by atoms with Crippen molar-refractivity contribution < 1.29 is 4.74 Å². The molecular weight excluding hydrogens is 258 g/mol. The summed E-state index contributed by atoms with van der Waals surface area (Å²) in [7, 11) is 0. The molecule has 2 atom stereocenters. The van der Waals surface area contributed by atoms with Crippen molar-refractivity contribution in [3.8, 4) is 17.0 Å². The number of benzene rings is 1. The Morgan fingerprint density at radius 1 is 1.24 bits per heavy atom. The Balaban J connectivity index is 2.13. The molecule has 0 saturated heterocycles. The van der Waals surface area contributed by atoms with Gasteiger partial charge in [0, 0.05) is 11.8 Å². The largest absolute Gasteiger partial charge is 0.469 e. The molecule has 0 radical (unpaired) electrons. The van der Waals surface area contributed by atoms with Gasteiger partial charge in [-0.3, -0.25) is 0 Å². The van der Waals surface area contributed by atoms with Crippen LogP contribution in [0.3, 0.4) is 0 Å². The first-order valence-electron chi connectivity index (χ1n) is 7.64. The number of allylic oxidation sites excluding steroid dienone is 1. The fraction of sp³-hybridized carbons (Fsp3) is 0.316. The molecule has 2 heteroatoms. The highest BCUT2D eigenvalue weighted by atomic mass is 16.5. The second kappa shape index (κ2) is 5.72. The fourth-order valence-corrected chi connectivity index (χ4v) is 2.94. The molecule has 1 aliphatic rings. The van der Waals surface area contributed by atoms with Crippen molar-refractivity contribution in [1.29, 1.82) is 0 Å². The molecule has 0 spiro atoms. The third-order valence-corrected chi connectivity index (χ3v) is 4.31. The van der Waals surface area contributed by atoms with Crippen molar-refractivity contribution in [2.75, 3.05) is 0 Å². The van der Waals surface area contributed by atoms with Gasteiger partial charge in [-0.2, -0.15) is 0 Å². The number of aromatic nitrogens is 1. The Kier molecular flexibility index (Phi) is 3.78. The summed E-state index contributed by atoms with van der Waals surface area (Å²) in [5.41, 5.74) is 4.85. The number of rotatable bonds is 3. The highest BCUT2D eigenvalue weighted by Gasteiger charge is 2.34. The van der Waals surface area contributed by atoms with Crippen LogP contribution in [0.1, 0.15) is 32.8 Å². The van der Waals surface area contributed by atoms with Crippen molar-refractivity contribution >= 4 is 5.57 Å². The Hall–Kier alpha value is -2.09. The molecule has 3 rings (SSSR count). The second-order valence-electron chi connectivity index (χ2n) is 5.57. The summed E-state index contributed by atoms with van der Waals surface area (Å²) in [5, 5.41) is 0. The lowest BCUT2D eigenvalue weighted by molar-refractivity contribution is 0.201. The summed E-state index contributed by atoms with van der Waals surface area (Å²) < 4.78 is 6.15. The summed E-state index contributed by atoms with van der Waals surface area (Å²) >= 11 is 0. The van der Waals surface area contributed by atoms with Crippen molar-refractivity contribution in [3.05, 3.63) is 54.2 Å². The van der Waals surface area contributed by atoms with Crippen LogP contribution >= 0.6 is 0 Å². The first-order chi connectivity index (χ1) is 10.3. The van der Waals surface area contributed by atoms with E-state index >= 15 is 0 Å². The third kappa shape index (κ3) is 2.35. The second-order valence-corrected chi connectivity index (χ2v) is 5.57. The van der Waals surface area contributed by atoms with E-state index in [9.17, 15) is 0 Å². The molecule has 0 amide bonds. The Morgan fingerprint density at radius 2 is 2.00 bits per heavy atom. The van der Waals surface area contributed by atoms with E-state index < -0.39 is 0 Å². The molecule has 1 aromatic carbocycles. The van der Waals surface area contributed by atoms with Gasteiger partial charge in [0.05, 0.1) is 5.56 Å². The Bertz CT molecular complexity index is 661. The van der Waals surface area contributed by atoms with Crippen LogP contribution in [0, 0.1) is 5.92 Å². The average Bonchev–Trinajstić information content (AvgIpc) is 2.93. The standard InChI is InChI=1S/C19H21NO/c1-4-13(3)18-15(5-2)17-16(11-12-20-19(17)21-18)14-9-7-6-8-10-14/h5-13,18H,4H2,1-3H3/b15-5-/t13-,18?/m1/s1.